The minimum absolute atomic E-state index is 0.0341. The molecule has 164 valence electrons. The molecule has 0 saturated carbocycles. The van der Waals surface area contributed by atoms with Crippen molar-refractivity contribution in [2.75, 3.05) is 10.6 Å². The van der Waals surface area contributed by atoms with Crippen molar-refractivity contribution in [2.45, 2.75) is 46.7 Å². The fourth-order valence-electron chi connectivity index (χ4n) is 3.55. The second-order valence-electron chi connectivity index (χ2n) is 7.92. The Bertz CT molecular complexity index is 1250. The van der Waals surface area contributed by atoms with Crippen molar-refractivity contribution in [1.82, 2.24) is 24.7 Å². The van der Waals surface area contributed by atoms with Gasteiger partial charge in [0, 0.05) is 24.1 Å². The number of amides is 1. The second-order valence-corrected chi connectivity index (χ2v) is 7.92. The summed E-state index contributed by atoms with van der Waals surface area (Å²) in [5, 5.41) is 10.8. The number of carbonyl (C=O) groups excluding carboxylic acids is 1. The number of rotatable bonds is 7. The monoisotopic (exact) mass is 429 g/mol. The Morgan fingerprint density at radius 2 is 1.97 bits per heavy atom. The summed E-state index contributed by atoms with van der Waals surface area (Å²) in [5.41, 5.74) is 6.15. The summed E-state index contributed by atoms with van der Waals surface area (Å²) in [5.74, 6) is 0.584. The van der Waals surface area contributed by atoms with Crippen molar-refractivity contribution in [2.24, 2.45) is 0 Å². The van der Waals surface area contributed by atoms with Gasteiger partial charge >= 0.3 is 0 Å². The zero-order valence-electron chi connectivity index (χ0n) is 18.8. The highest BCUT2D eigenvalue weighted by Gasteiger charge is 2.13. The highest BCUT2D eigenvalue weighted by atomic mass is 16.1. The number of hydrogen-bond donors (Lipinski definition) is 2. The van der Waals surface area contributed by atoms with E-state index in [1.165, 1.54) is 0 Å². The topological polar surface area (TPSA) is 97.6 Å². The van der Waals surface area contributed by atoms with Crippen LogP contribution in [0.1, 0.15) is 42.3 Å². The molecule has 8 nitrogen and oxygen atoms in total. The Morgan fingerprint density at radius 3 is 2.72 bits per heavy atom. The highest BCUT2D eigenvalue weighted by Crippen LogP contribution is 2.25. The summed E-state index contributed by atoms with van der Waals surface area (Å²) in [4.78, 5) is 25.8. The molecule has 0 spiro atoms. The first kappa shape index (κ1) is 21.4. The summed E-state index contributed by atoms with van der Waals surface area (Å²) < 4.78 is 1.82. The Hall–Kier alpha value is -3.81. The first-order valence-corrected chi connectivity index (χ1v) is 10.7. The van der Waals surface area contributed by atoms with E-state index in [0.717, 1.165) is 40.1 Å². The van der Waals surface area contributed by atoms with E-state index in [9.17, 15) is 4.79 Å². The van der Waals surface area contributed by atoms with E-state index in [4.69, 9.17) is 0 Å². The van der Waals surface area contributed by atoms with Crippen LogP contribution in [0.3, 0.4) is 0 Å². The molecule has 0 fully saturated rings. The number of pyridine rings is 1. The van der Waals surface area contributed by atoms with Gasteiger partial charge in [0.25, 0.3) is 0 Å². The van der Waals surface area contributed by atoms with Crippen LogP contribution in [0.5, 0.6) is 0 Å². The van der Waals surface area contributed by atoms with E-state index in [1.54, 1.807) is 12.4 Å². The lowest BCUT2D eigenvalue weighted by atomic mass is 10.0. The molecule has 0 aliphatic heterocycles. The number of hydrogen-bond acceptors (Lipinski definition) is 6. The third-order valence-electron chi connectivity index (χ3n) is 5.33. The average molecular weight is 430 g/mol. The van der Waals surface area contributed by atoms with Gasteiger partial charge in [-0.1, -0.05) is 12.1 Å². The van der Waals surface area contributed by atoms with Gasteiger partial charge in [0.15, 0.2) is 0 Å². The van der Waals surface area contributed by atoms with Gasteiger partial charge in [0.2, 0.25) is 11.6 Å². The third-order valence-corrected chi connectivity index (χ3v) is 5.33. The Balaban J connectivity index is 1.46. The van der Waals surface area contributed by atoms with Crippen molar-refractivity contribution in [3.05, 3.63) is 71.3 Å². The van der Waals surface area contributed by atoms with E-state index in [0.29, 0.717) is 11.5 Å². The number of benzene rings is 1. The number of anilines is 2. The first-order chi connectivity index (χ1) is 15.4. The summed E-state index contributed by atoms with van der Waals surface area (Å²) in [6.07, 6.45) is 5.63. The van der Waals surface area contributed by atoms with Gasteiger partial charge in [-0.15, -0.1) is 0 Å². The molecule has 0 unspecified atom stereocenters. The number of aryl methyl sites for hydroxylation is 3. The lowest BCUT2D eigenvalue weighted by Crippen LogP contribution is -2.16. The summed E-state index contributed by atoms with van der Waals surface area (Å²) in [6, 6.07) is 9.72. The molecular formula is C24H27N7O. The maximum atomic E-state index is 12.5. The standard InChI is InChI=1S/C24H27N7O/c1-5-31-14-21-24(30-31)29-22(13-26-21)27-17(4)20-11-19(9-6-15(20)2)28-23(32)10-18-8-7-16(3)25-12-18/h6-9,11-14,17H,5,10H2,1-4H3,(H,28,32)(H,27,29,30)/t17-/m0/s1. The number of nitrogens with one attached hydrogen (secondary N) is 2. The highest BCUT2D eigenvalue weighted by molar-refractivity contribution is 5.92. The van der Waals surface area contributed by atoms with Crippen molar-refractivity contribution in [3.63, 3.8) is 0 Å². The number of nitrogens with zero attached hydrogens (tertiary/aromatic N) is 5. The molecular weight excluding hydrogens is 402 g/mol. The lowest BCUT2D eigenvalue weighted by molar-refractivity contribution is -0.115. The minimum Gasteiger partial charge on any atom is -0.362 e. The van der Waals surface area contributed by atoms with E-state index < -0.39 is 0 Å². The van der Waals surface area contributed by atoms with Crippen LogP contribution < -0.4 is 10.6 Å². The molecule has 2 N–H and O–H groups in total. The van der Waals surface area contributed by atoms with Crippen molar-refractivity contribution >= 4 is 28.6 Å². The van der Waals surface area contributed by atoms with Gasteiger partial charge in [-0.3, -0.25) is 14.5 Å². The molecule has 3 heterocycles. The van der Waals surface area contributed by atoms with E-state index in [-0.39, 0.29) is 18.4 Å². The fourth-order valence-corrected chi connectivity index (χ4v) is 3.55. The van der Waals surface area contributed by atoms with Gasteiger partial charge in [-0.2, -0.15) is 5.10 Å². The van der Waals surface area contributed by atoms with Crippen molar-refractivity contribution < 1.29 is 4.79 Å². The number of fused-ring (bicyclic) bond motifs is 1. The Labute approximate surface area is 187 Å². The first-order valence-electron chi connectivity index (χ1n) is 10.7. The van der Waals surface area contributed by atoms with E-state index >= 15 is 0 Å². The molecule has 1 atom stereocenters. The maximum absolute atomic E-state index is 12.5. The SMILES string of the molecule is CCn1cc2ncc(N[C@@H](C)c3cc(NC(=O)Cc4ccc(C)nc4)ccc3C)nc2n1. The van der Waals surface area contributed by atoms with Crippen LogP contribution in [0.4, 0.5) is 11.5 Å². The lowest BCUT2D eigenvalue weighted by Gasteiger charge is -2.18. The molecule has 8 heteroatoms. The molecule has 3 aromatic heterocycles. The maximum Gasteiger partial charge on any atom is 0.228 e. The zero-order valence-corrected chi connectivity index (χ0v) is 18.8. The van der Waals surface area contributed by atoms with Crippen LogP contribution in [0.15, 0.2) is 48.9 Å². The van der Waals surface area contributed by atoms with Crippen molar-refractivity contribution in [1.29, 1.82) is 0 Å². The van der Waals surface area contributed by atoms with E-state index in [2.05, 4.69) is 44.5 Å². The number of carbonyl (C=O) groups is 1. The molecule has 1 aromatic carbocycles. The summed E-state index contributed by atoms with van der Waals surface area (Å²) in [7, 11) is 0. The Kier molecular flexibility index (Phi) is 6.11. The molecule has 32 heavy (non-hydrogen) atoms. The molecule has 4 aromatic rings. The van der Waals surface area contributed by atoms with Crippen LogP contribution in [0, 0.1) is 13.8 Å². The van der Waals surface area contributed by atoms with Crippen LogP contribution >= 0.6 is 0 Å². The molecule has 0 bridgehead atoms. The van der Waals surface area contributed by atoms with E-state index in [1.807, 2.05) is 55.1 Å². The van der Waals surface area contributed by atoms with Gasteiger partial charge < -0.3 is 10.6 Å². The third kappa shape index (κ3) is 4.91. The smallest absolute Gasteiger partial charge is 0.228 e. The summed E-state index contributed by atoms with van der Waals surface area (Å²) >= 11 is 0. The quantitative estimate of drug-likeness (QED) is 0.457. The van der Waals surface area contributed by atoms with Crippen LogP contribution in [0.25, 0.3) is 11.2 Å². The fraction of sp³-hybridized carbons (Fsp3) is 0.292. The zero-order chi connectivity index (χ0) is 22.7. The largest absolute Gasteiger partial charge is 0.362 e. The predicted molar refractivity (Wildman–Crippen MR) is 126 cm³/mol. The molecule has 0 radical (unpaired) electrons. The molecule has 0 aliphatic rings. The van der Waals surface area contributed by atoms with Gasteiger partial charge in [0.1, 0.15) is 11.3 Å². The molecule has 0 saturated heterocycles. The molecule has 0 aliphatic carbocycles. The van der Waals surface area contributed by atoms with Gasteiger partial charge in [-0.25, -0.2) is 9.97 Å². The van der Waals surface area contributed by atoms with Gasteiger partial charge in [-0.05, 0) is 62.6 Å². The van der Waals surface area contributed by atoms with Crippen LogP contribution in [0.2, 0.25) is 0 Å². The van der Waals surface area contributed by atoms with Crippen LogP contribution in [-0.4, -0.2) is 30.6 Å². The number of aromatic nitrogens is 5. The summed E-state index contributed by atoms with van der Waals surface area (Å²) in [6.45, 7) is 8.83. The molecule has 1 amide bonds. The average Bonchev–Trinajstić information content (AvgIpc) is 3.19. The minimum atomic E-state index is -0.0751. The normalized spacial score (nSPS) is 12.0. The molecule has 4 rings (SSSR count). The van der Waals surface area contributed by atoms with Gasteiger partial charge in [0.05, 0.1) is 24.9 Å². The van der Waals surface area contributed by atoms with Crippen LogP contribution in [-0.2, 0) is 17.8 Å². The second kappa shape index (κ2) is 9.13. The van der Waals surface area contributed by atoms with Crippen molar-refractivity contribution in [3.8, 4) is 0 Å². The predicted octanol–water partition coefficient (Wildman–Crippen LogP) is 4.21. The Morgan fingerprint density at radius 1 is 1.12 bits per heavy atom.